The van der Waals surface area contributed by atoms with Crippen molar-refractivity contribution in [3.63, 3.8) is 0 Å². The normalized spacial score (nSPS) is 13.5. The van der Waals surface area contributed by atoms with E-state index >= 15 is 0 Å². The van der Waals surface area contributed by atoms with Crippen LogP contribution < -0.4 is 10.6 Å². The van der Waals surface area contributed by atoms with Crippen LogP contribution in [0.15, 0.2) is 73.4 Å². The lowest BCUT2D eigenvalue weighted by atomic mass is 10.1. The number of para-hydroxylation sites is 2. The van der Waals surface area contributed by atoms with Crippen molar-refractivity contribution in [1.29, 1.82) is 0 Å². The smallest absolute Gasteiger partial charge is 0.139 e. The number of benzene rings is 1. The Kier molecular flexibility index (Phi) is 4.68. The predicted molar refractivity (Wildman–Crippen MR) is 130 cm³/mol. The molecule has 4 aromatic heterocycles. The first-order valence-corrected chi connectivity index (χ1v) is 10.3. The molecule has 0 aliphatic carbocycles. The molecule has 0 amide bonds. The van der Waals surface area contributed by atoms with E-state index < -0.39 is 0 Å². The first-order chi connectivity index (χ1) is 15.2. The van der Waals surface area contributed by atoms with Crippen molar-refractivity contribution in [1.82, 2.24) is 19.4 Å². The Balaban J connectivity index is 1.80. The van der Waals surface area contributed by atoms with E-state index in [1.807, 2.05) is 62.5 Å². The van der Waals surface area contributed by atoms with Gasteiger partial charge in [-0.15, -0.1) is 0 Å². The van der Waals surface area contributed by atoms with Crippen LogP contribution in [0.5, 0.6) is 0 Å². The lowest BCUT2D eigenvalue weighted by Crippen LogP contribution is -2.28. The zero-order chi connectivity index (χ0) is 21.4. The van der Waals surface area contributed by atoms with Gasteiger partial charge < -0.3 is 0 Å². The van der Waals surface area contributed by atoms with Crippen molar-refractivity contribution in [3.05, 3.63) is 95.3 Å². The van der Waals surface area contributed by atoms with Gasteiger partial charge in [-0.05, 0) is 61.5 Å². The molecule has 0 aliphatic rings. The molecule has 150 valence electrons. The highest BCUT2D eigenvalue weighted by atomic mass is 15.0. The summed E-state index contributed by atoms with van der Waals surface area (Å²) in [6.07, 6.45) is 9.86. The number of rotatable bonds is 3. The van der Waals surface area contributed by atoms with Gasteiger partial charge in [0.05, 0.1) is 33.1 Å². The summed E-state index contributed by atoms with van der Waals surface area (Å²) in [7, 11) is 0. The van der Waals surface area contributed by atoms with E-state index in [2.05, 4.69) is 47.4 Å². The molecule has 5 aromatic rings. The molecule has 4 nitrogen and oxygen atoms in total. The fourth-order valence-corrected chi connectivity index (χ4v) is 4.04. The van der Waals surface area contributed by atoms with E-state index in [9.17, 15) is 0 Å². The summed E-state index contributed by atoms with van der Waals surface area (Å²) in [6, 6.07) is 18.4. The van der Waals surface area contributed by atoms with Gasteiger partial charge in [-0.1, -0.05) is 43.0 Å². The van der Waals surface area contributed by atoms with Crippen molar-refractivity contribution < 1.29 is 0 Å². The Morgan fingerprint density at radius 1 is 0.935 bits per heavy atom. The molecule has 0 aliphatic heterocycles. The molecule has 0 bridgehead atoms. The summed E-state index contributed by atoms with van der Waals surface area (Å²) in [6.45, 7) is 8.07. The minimum absolute atomic E-state index is 0.881. The molecule has 5 rings (SSSR count). The number of aromatic nitrogens is 4. The molecule has 4 heterocycles. The lowest BCUT2D eigenvalue weighted by Gasteiger charge is -2.08. The fraction of sp³-hybridized carbons (Fsp3) is 0.0741. The van der Waals surface area contributed by atoms with E-state index in [0.29, 0.717) is 0 Å². The average Bonchev–Trinajstić information content (AvgIpc) is 3.20. The Labute approximate surface area is 180 Å². The van der Waals surface area contributed by atoms with Gasteiger partial charge in [-0.25, -0.2) is 9.97 Å². The molecule has 0 N–H and O–H groups in total. The van der Waals surface area contributed by atoms with Crippen LogP contribution in [0.4, 0.5) is 0 Å². The Morgan fingerprint density at radius 2 is 1.77 bits per heavy atom. The highest BCUT2D eigenvalue weighted by Gasteiger charge is 2.12. The van der Waals surface area contributed by atoms with Crippen molar-refractivity contribution in [2.45, 2.75) is 13.8 Å². The molecule has 4 heteroatoms. The van der Waals surface area contributed by atoms with Gasteiger partial charge in [0.25, 0.3) is 0 Å². The zero-order valence-electron chi connectivity index (χ0n) is 17.6. The quantitative estimate of drug-likeness (QED) is 0.409. The first kappa shape index (κ1) is 18.9. The van der Waals surface area contributed by atoms with Gasteiger partial charge in [0, 0.05) is 17.3 Å². The van der Waals surface area contributed by atoms with E-state index in [1.165, 1.54) is 0 Å². The topological polar surface area (TPSA) is 43.1 Å². The molecule has 1 aromatic carbocycles. The highest BCUT2D eigenvalue weighted by molar-refractivity contribution is 5.98. The second-order valence-electron chi connectivity index (χ2n) is 7.32. The van der Waals surface area contributed by atoms with Crippen LogP contribution in [0.2, 0.25) is 0 Å². The molecule has 0 saturated carbocycles. The maximum atomic E-state index is 4.84. The minimum Gasteiger partial charge on any atom is -0.291 e. The third-order valence-corrected chi connectivity index (χ3v) is 5.54. The molecule has 0 fully saturated rings. The van der Waals surface area contributed by atoms with Gasteiger partial charge in [0.15, 0.2) is 0 Å². The van der Waals surface area contributed by atoms with Crippen LogP contribution in [0.1, 0.15) is 25.1 Å². The molecule has 0 unspecified atom stereocenters. The second kappa shape index (κ2) is 7.65. The monoisotopic (exact) mass is 402 g/mol. The van der Waals surface area contributed by atoms with Crippen molar-refractivity contribution in [3.8, 4) is 0 Å². The summed E-state index contributed by atoms with van der Waals surface area (Å²) >= 11 is 0. The van der Waals surface area contributed by atoms with Crippen LogP contribution in [0.25, 0.3) is 51.5 Å². The molecule has 31 heavy (non-hydrogen) atoms. The Hall–Kier alpha value is -4.05. The summed E-state index contributed by atoms with van der Waals surface area (Å²) in [5.74, 6) is 0. The standard InChI is InChI=1S/C27H22N4/c1-4-18-13-14-22(29-21(18)6-3)19(5-2)16-20-17-26-30-23-10-7-8-11-24(23)31(26)25-12-9-15-28-27(20)25/h4-17H,2H2,1,3H3/b18-4-,19-16+,21-6+. The van der Waals surface area contributed by atoms with E-state index in [4.69, 9.17) is 15.0 Å². The third kappa shape index (κ3) is 3.13. The number of fused-ring (bicyclic) bond motifs is 5. The lowest BCUT2D eigenvalue weighted by molar-refractivity contribution is 1.18. The Morgan fingerprint density at radius 3 is 2.58 bits per heavy atom. The molecule has 0 saturated heterocycles. The molecule has 0 radical (unpaired) electrons. The van der Waals surface area contributed by atoms with E-state index in [-0.39, 0.29) is 0 Å². The summed E-state index contributed by atoms with van der Waals surface area (Å²) in [4.78, 5) is 14.4. The van der Waals surface area contributed by atoms with Gasteiger partial charge in [0.2, 0.25) is 0 Å². The maximum absolute atomic E-state index is 4.84. The SMILES string of the molecule is C=C/C(=C\c1cc2nc3ccccc3n2c2cccnc12)c1ccc(=C/C)/c(=C\C)n1. The summed E-state index contributed by atoms with van der Waals surface area (Å²) in [5.41, 5.74) is 7.68. The maximum Gasteiger partial charge on any atom is 0.139 e. The Bertz CT molecular complexity index is 1620. The zero-order valence-corrected chi connectivity index (χ0v) is 17.6. The number of hydrogen-bond acceptors (Lipinski definition) is 3. The summed E-state index contributed by atoms with van der Waals surface area (Å²) < 4.78 is 2.16. The van der Waals surface area contributed by atoms with Crippen LogP contribution in [-0.4, -0.2) is 19.4 Å². The van der Waals surface area contributed by atoms with Crippen LogP contribution in [-0.2, 0) is 0 Å². The average molecular weight is 403 g/mol. The molecular formula is C27H22N4. The molecule has 0 atom stereocenters. The number of pyridine rings is 3. The first-order valence-electron chi connectivity index (χ1n) is 10.3. The van der Waals surface area contributed by atoms with Crippen molar-refractivity contribution >= 4 is 51.5 Å². The molecule has 0 spiro atoms. The van der Waals surface area contributed by atoms with E-state index in [1.54, 1.807) is 0 Å². The van der Waals surface area contributed by atoms with Gasteiger partial charge in [-0.3, -0.25) is 9.38 Å². The third-order valence-electron chi connectivity index (χ3n) is 5.54. The number of imidazole rings is 1. The summed E-state index contributed by atoms with van der Waals surface area (Å²) in [5, 5.41) is 2.08. The van der Waals surface area contributed by atoms with E-state index in [0.717, 1.165) is 55.1 Å². The molecular weight excluding hydrogens is 380 g/mol. The van der Waals surface area contributed by atoms with Gasteiger partial charge in [-0.2, -0.15) is 0 Å². The number of nitrogens with zero attached hydrogens (tertiary/aromatic N) is 4. The largest absolute Gasteiger partial charge is 0.291 e. The van der Waals surface area contributed by atoms with Crippen LogP contribution >= 0.6 is 0 Å². The predicted octanol–water partition coefficient (Wildman–Crippen LogP) is 4.76. The van der Waals surface area contributed by atoms with Gasteiger partial charge in [0.1, 0.15) is 5.65 Å². The van der Waals surface area contributed by atoms with Crippen molar-refractivity contribution in [2.75, 3.05) is 0 Å². The second-order valence-corrected chi connectivity index (χ2v) is 7.32. The highest BCUT2D eigenvalue weighted by Crippen LogP contribution is 2.27. The number of hydrogen-bond donors (Lipinski definition) is 0. The van der Waals surface area contributed by atoms with Crippen LogP contribution in [0, 0.1) is 0 Å². The van der Waals surface area contributed by atoms with Gasteiger partial charge >= 0.3 is 0 Å². The van der Waals surface area contributed by atoms with Crippen molar-refractivity contribution in [2.24, 2.45) is 0 Å². The number of allylic oxidation sites excluding steroid dienone is 2. The minimum atomic E-state index is 0.881. The fourth-order valence-electron chi connectivity index (χ4n) is 4.04. The van der Waals surface area contributed by atoms with Crippen LogP contribution in [0.3, 0.4) is 0 Å².